The van der Waals surface area contributed by atoms with Crippen molar-refractivity contribution in [2.45, 2.75) is 6.04 Å². The van der Waals surface area contributed by atoms with Gasteiger partial charge in [-0.15, -0.1) is 0 Å². The van der Waals surface area contributed by atoms with Crippen LogP contribution in [0.3, 0.4) is 0 Å². The number of aliphatic hydroxyl groups is 1. The van der Waals surface area contributed by atoms with E-state index in [1.54, 1.807) is 38.4 Å². The van der Waals surface area contributed by atoms with Gasteiger partial charge in [-0.3, -0.25) is 0 Å². The first-order chi connectivity index (χ1) is 11.0. The van der Waals surface area contributed by atoms with E-state index in [4.69, 9.17) is 4.74 Å². The summed E-state index contributed by atoms with van der Waals surface area (Å²) in [6.45, 7) is -0.223. The Kier molecular flexibility index (Phi) is 5.54. The van der Waals surface area contributed by atoms with Crippen LogP contribution in [0.2, 0.25) is 0 Å². The second kappa shape index (κ2) is 7.60. The predicted molar refractivity (Wildman–Crippen MR) is 86.0 cm³/mol. The summed E-state index contributed by atoms with van der Waals surface area (Å²) >= 11 is 0. The number of amides is 2. The lowest BCUT2D eigenvalue weighted by molar-refractivity contribution is 0.159. The van der Waals surface area contributed by atoms with Gasteiger partial charge >= 0.3 is 6.03 Å². The average Bonchev–Trinajstić information content (AvgIpc) is 2.58. The van der Waals surface area contributed by atoms with E-state index in [1.165, 1.54) is 29.2 Å². The number of benzene rings is 2. The van der Waals surface area contributed by atoms with Crippen LogP contribution in [-0.2, 0) is 0 Å². The largest absolute Gasteiger partial charge is 0.497 e. The Morgan fingerprint density at radius 1 is 1.22 bits per heavy atom. The molecule has 6 heteroatoms. The highest BCUT2D eigenvalue weighted by molar-refractivity contribution is 5.89. The number of nitrogens with zero attached hydrogens (tertiary/aromatic N) is 1. The zero-order chi connectivity index (χ0) is 16.8. The summed E-state index contributed by atoms with van der Waals surface area (Å²) in [5.41, 5.74) is 1.26. The van der Waals surface area contributed by atoms with Crippen LogP contribution in [0.1, 0.15) is 11.6 Å². The molecule has 5 nitrogen and oxygen atoms in total. The van der Waals surface area contributed by atoms with Crippen LogP contribution in [0, 0.1) is 5.82 Å². The van der Waals surface area contributed by atoms with E-state index in [9.17, 15) is 14.3 Å². The number of ether oxygens (including phenoxy) is 1. The monoisotopic (exact) mass is 318 g/mol. The normalized spacial score (nSPS) is 11.7. The number of hydrogen-bond acceptors (Lipinski definition) is 3. The van der Waals surface area contributed by atoms with Gasteiger partial charge in [0, 0.05) is 12.7 Å². The van der Waals surface area contributed by atoms with Crippen LogP contribution in [0.5, 0.6) is 5.75 Å². The Labute approximate surface area is 134 Å². The maximum absolute atomic E-state index is 12.9. The molecule has 0 aliphatic carbocycles. The number of aliphatic hydroxyl groups excluding tert-OH is 1. The van der Waals surface area contributed by atoms with Gasteiger partial charge in [0.05, 0.1) is 19.8 Å². The number of anilines is 1. The highest BCUT2D eigenvalue weighted by atomic mass is 19.1. The van der Waals surface area contributed by atoms with Crippen molar-refractivity contribution in [2.75, 3.05) is 26.1 Å². The molecule has 0 bridgehead atoms. The summed E-state index contributed by atoms with van der Waals surface area (Å²) < 4.78 is 18.0. The van der Waals surface area contributed by atoms with Gasteiger partial charge in [-0.05, 0) is 42.0 Å². The van der Waals surface area contributed by atoms with Crippen molar-refractivity contribution in [1.29, 1.82) is 0 Å². The van der Waals surface area contributed by atoms with Crippen LogP contribution in [0.25, 0.3) is 0 Å². The van der Waals surface area contributed by atoms with E-state index < -0.39 is 12.1 Å². The maximum atomic E-state index is 12.9. The highest BCUT2D eigenvalue weighted by Crippen LogP contribution is 2.22. The number of hydrogen-bond donors (Lipinski definition) is 2. The lowest BCUT2D eigenvalue weighted by Crippen LogP contribution is -2.36. The quantitative estimate of drug-likeness (QED) is 0.891. The first-order valence-electron chi connectivity index (χ1n) is 7.09. The van der Waals surface area contributed by atoms with Gasteiger partial charge in [0.2, 0.25) is 0 Å². The number of rotatable bonds is 5. The molecule has 0 aliphatic rings. The van der Waals surface area contributed by atoms with Gasteiger partial charge in [0.1, 0.15) is 11.6 Å². The fourth-order valence-corrected chi connectivity index (χ4v) is 2.16. The Balaban J connectivity index is 2.09. The standard InChI is InChI=1S/C17H19FN2O3/c1-20(17(22)19-14-7-5-13(18)6-8-14)16(11-21)12-3-9-15(23-2)10-4-12/h3-10,16,21H,11H2,1-2H3,(H,19,22)/t16-/m0/s1. The van der Waals surface area contributed by atoms with Gasteiger partial charge in [-0.25, -0.2) is 9.18 Å². The molecule has 2 rings (SSSR count). The Hall–Kier alpha value is -2.60. The molecule has 122 valence electrons. The first kappa shape index (κ1) is 16.8. The smallest absolute Gasteiger partial charge is 0.322 e. The van der Waals surface area contributed by atoms with Crippen molar-refractivity contribution >= 4 is 11.7 Å². The summed E-state index contributed by atoms with van der Waals surface area (Å²) in [6, 6.07) is 11.7. The minimum Gasteiger partial charge on any atom is -0.497 e. The van der Waals surface area contributed by atoms with Crippen molar-refractivity contribution in [3.05, 3.63) is 59.9 Å². The lowest BCUT2D eigenvalue weighted by Gasteiger charge is -2.27. The lowest BCUT2D eigenvalue weighted by atomic mass is 10.1. The molecule has 0 saturated carbocycles. The van der Waals surface area contributed by atoms with Crippen molar-refractivity contribution < 1.29 is 19.0 Å². The molecule has 0 radical (unpaired) electrons. The van der Waals surface area contributed by atoms with Crippen molar-refractivity contribution in [1.82, 2.24) is 4.90 Å². The molecule has 0 aromatic heterocycles. The summed E-state index contributed by atoms with van der Waals surface area (Å²) in [4.78, 5) is 13.7. The molecule has 0 spiro atoms. The molecule has 2 aromatic rings. The molecule has 23 heavy (non-hydrogen) atoms. The highest BCUT2D eigenvalue weighted by Gasteiger charge is 2.21. The topological polar surface area (TPSA) is 61.8 Å². The van der Waals surface area contributed by atoms with E-state index in [2.05, 4.69) is 5.32 Å². The van der Waals surface area contributed by atoms with Crippen LogP contribution in [-0.4, -0.2) is 36.8 Å². The first-order valence-corrected chi connectivity index (χ1v) is 7.09. The SMILES string of the molecule is COc1ccc([C@H](CO)N(C)C(=O)Nc2ccc(F)cc2)cc1. The molecule has 2 N–H and O–H groups in total. The molecular weight excluding hydrogens is 299 g/mol. The predicted octanol–water partition coefficient (Wildman–Crippen LogP) is 3.03. The van der Waals surface area contributed by atoms with Gasteiger partial charge in [0.25, 0.3) is 0 Å². The third kappa shape index (κ3) is 4.20. The number of likely N-dealkylation sites (N-methyl/N-ethyl adjacent to an activating group) is 1. The minimum absolute atomic E-state index is 0.223. The van der Waals surface area contributed by atoms with Crippen LogP contribution in [0.15, 0.2) is 48.5 Å². The number of urea groups is 1. The molecule has 0 aliphatic heterocycles. The zero-order valence-corrected chi connectivity index (χ0v) is 13.0. The molecular formula is C17H19FN2O3. The molecule has 2 amide bonds. The third-order valence-corrected chi connectivity index (χ3v) is 3.56. The molecule has 1 atom stereocenters. The van der Waals surface area contributed by atoms with E-state index in [0.717, 1.165) is 5.56 Å². The van der Waals surface area contributed by atoms with Crippen molar-refractivity contribution in [2.24, 2.45) is 0 Å². The number of carbonyl (C=O) groups is 1. The zero-order valence-electron chi connectivity index (χ0n) is 13.0. The summed E-state index contributed by atoms with van der Waals surface area (Å²) in [6.07, 6.45) is 0. The van der Waals surface area contributed by atoms with Crippen LogP contribution < -0.4 is 10.1 Å². The van der Waals surface area contributed by atoms with Gasteiger partial charge in [-0.2, -0.15) is 0 Å². The van der Waals surface area contributed by atoms with Gasteiger partial charge < -0.3 is 20.1 Å². The molecule has 0 unspecified atom stereocenters. The second-order valence-electron chi connectivity index (χ2n) is 5.02. The van der Waals surface area contributed by atoms with Crippen LogP contribution in [0.4, 0.5) is 14.9 Å². The summed E-state index contributed by atoms with van der Waals surface area (Å²) in [5.74, 6) is 0.326. The Morgan fingerprint density at radius 2 is 1.83 bits per heavy atom. The van der Waals surface area contributed by atoms with E-state index >= 15 is 0 Å². The van der Waals surface area contributed by atoms with Crippen LogP contribution >= 0.6 is 0 Å². The number of methoxy groups -OCH3 is 1. The molecule has 0 fully saturated rings. The fourth-order valence-electron chi connectivity index (χ4n) is 2.16. The van der Waals surface area contributed by atoms with E-state index in [1.807, 2.05) is 0 Å². The number of nitrogens with one attached hydrogen (secondary N) is 1. The number of carbonyl (C=O) groups excluding carboxylic acids is 1. The van der Waals surface area contributed by atoms with Gasteiger partial charge in [-0.1, -0.05) is 12.1 Å². The van der Waals surface area contributed by atoms with E-state index in [0.29, 0.717) is 11.4 Å². The molecule has 0 heterocycles. The maximum Gasteiger partial charge on any atom is 0.322 e. The third-order valence-electron chi connectivity index (χ3n) is 3.56. The average molecular weight is 318 g/mol. The minimum atomic E-state index is -0.499. The van der Waals surface area contributed by atoms with Crippen molar-refractivity contribution in [3.8, 4) is 5.75 Å². The Bertz CT molecular complexity index is 644. The second-order valence-corrected chi connectivity index (χ2v) is 5.02. The summed E-state index contributed by atoms with van der Waals surface area (Å²) in [5, 5.41) is 12.3. The number of halogens is 1. The van der Waals surface area contributed by atoms with E-state index in [-0.39, 0.29) is 12.4 Å². The van der Waals surface area contributed by atoms with Crippen molar-refractivity contribution in [3.63, 3.8) is 0 Å². The fraction of sp³-hybridized carbons (Fsp3) is 0.235. The Morgan fingerprint density at radius 3 is 2.35 bits per heavy atom. The molecule has 2 aromatic carbocycles. The summed E-state index contributed by atoms with van der Waals surface area (Å²) in [7, 11) is 3.16. The molecule has 0 saturated heterocycles. The van der Waals surface area contributed by atoms with Gasteiger partial charge in [0.15, 0.2) is 0 Å².